The Hall–Kier alpha value is -2.97. The summed E-state index contributed by atoms with van der Waals surface area (Å²) >= 11 is 18.5. The molecule has 0 atom stereocenters. The highest BCUT2D eigenvalue weighted by atomic mass is 35.5. The van der Waals surface area contributed by atoms with Gasteiger partial charge < -0.3 is 10.1 Å². The third-order valence-corrected chi connectivity index (χ3v) is 5.56. The molecule has 0 radical (unpaired) electrons. The minimum atomic E-state index is -0.539. The number of carbonyl (C=O) groups excluding carboxylic acids is 1. The highest BCUT2D eigenvalue weighted by molar-refractivity contribution is 6.32. The van der Waals surface area contributed by atoms with E-state index in [4.69, 9.17) is 39.5 Å². The van der Waals surface area contributed by atoms with E-state index in [0.717, 1.165) is 11.1 Å². The molecule has 0 aliphatic carbocycles. The Kier molecular flexibility index (Phi) is 7.59. The molecule has 0 saturated carbocycles. The van der Waals surface area contributed by atoms with Gasteiger partial charge in [0.25, 0.3) is 5.91 Å². The van der Waals surface area contributed by atoms with E-state index in [-0.39, 0.29) is 12.2 Å². The second-order valence-electron chi connectivity index (χ2n) is 6.61. The van der Waals surface area contributed by atoms with E-state index in [1.807, 2.05) is 24.3 Å². The number of nitriles is 1. The Morgan fingerprint density at radius 3 is 2.48 bits per heavy atom. The Morgan fingerprint density at radius 1 is 1.03 bits per heavy atom. The molecule has 7 heteroatoms. The lowest BCUT2D eigenvalue weighted by Gasteiger charge is -2.10. The largest absolute Gasteiger partial charge is 0.487 e. The standard InChI is InChI=1S/C24H17Cl3N2O2/c1-15-19(25)7-4-8-22(15)29-24(30)18(13-28)11-16-9-10-23(21(27)12-16)31-14-17-5-2-3-6-20(17)26/h2-12H,14H2,1H3,(H,29,30)/b18-11+. The van der Waals surface area contributed by atoms with Crippen LogP contribution in [0.25, 0.3) is 6.08 Å². The van der Waals surface area contributed by atoms with Crippen LogP contribution >= 0.6 is 34.8 Å². The minimum absolute atomic E-state index is 0.0693. The zero-order chi connectivity index (χ0) is 22.4. The van der Waals surface area contributed by atoms with Crippen molar-refractivity contribution in [2.45, 2.75) is 13.5 Å². The number of carbonyl (C=O) groups is 1. The zero-order valence-corrected chi connectivity index (χ0v) is 18.7. The first-order valence-electron chi connectivity index (χ1n) is 9.23. The van der Waals surface area contributed by atoms with E-state index in [1.54, 1.807) is 49.4 Å². The van der Waals surface area contributed by atoms with Crippen LogP contribution < -0.4 is 10.1 Å². The molecule has 3 aromatic carbocycles. The summed E-state index contributed by atoms with van der Waals surface area (Å²) in [6.07, 6.45) is 1.46. The number of benzene rings is 3. The van der Waals surface area contributed by atoms with E-state index in [2.05, 4.69) is 5.32 Å². The molecule has 0 bridgehead atoms. The van der Waals surface area contributed by atoms with Crippen LogP contribution in [0, 0.1) is 18.3 Å². The number of ether oxygens (including phenoxy) is 1. The van der Waals surface area contributed by atoms with Crippen molar-refractivity contribution in [3.8, 4) is 11.8 Å². The first kappa shape index (κ1) is 22.7. The number of nitrogens with zero attached hydrogens (tertiary/aromatic N) is 1. The van der Waals surface area contributed by atoms with E-state index in [9.17, 15) is 10.1 Å². The summed E-state index contributed by atoms with van der Waals surface area (Å²) in [4.78, 5) is 12.5. The fourth-order valence-electron chi connectivity index (χ4n) is 2.74. The van der Waals surface area contributed by atoms with Crippen molar-refractivity contribution in [1.29, 1.82) is 5.26 Å². The van der Waals surface area contributed by atoms with Gasteiger partial charge in [-0.25, -0.2) is 0 Å². The Bertz CT molecular complexity index is 1200. The van der Waals surface area contributed by atoms with E-state index in [0.29, 0.717) is 32.1 Å². The lowest BCUT2D eigenvalue weighted by molar-refractivity contribution is -0.112. The summed E-state index contributed by atoms with van der Waals surface area (Å²) < 4.78 is 5.75. The predicted octanol–water partition coefficient (Wildman–Crippen LogP) is 7.08. The summed E-state index contributed by atoms with van der Waals surface area (Å²) in [5.41, 5.74) is 2.62. The molecule has 1 N–H and O–H groups in total. The highest BCUT2D eigenvalue weighted by Gasteiger charge is 2.13. The Balaban J connectivity index is 1.74. The monoisotopic (exact) mass is 470 g/mol. The highest BCUT2D eigenvalue weighted by Crippen LogP contribution is 2.28. The van der Waals surface area contributed by atoms with Crippen molar-refractivity contribution in [1.82, 2.24) is 0 Å². The maximum Gasteiger partial charge on any atom is 0.266 e. The zero-order valence-electron chi connectivity index (χ0n) is 16.5. The number of amides is 1. The molecule has 4 nitrogen and oxygen atoms in total. The molecule has 0 heterocycles. The van der Waals surface area contributed by atoms with Crippen molar-refractivity contribution in [2.75, 3.05) is 5.32 Å². The molecule has 1 amide bonds. The molecule has 0 fully saturated rings. The fourth-order valence-corrected chi connectivity index (χ4v) is 3.35. The van der Waals surface area contributed by atoms with Crippen LogP contribution in [0.1, 0.15) is 16.7 Å². The van der Waals surface area contributed by atoms with Crippen LogP contribution in [-0.2, 0) is 11.4 Å². The molecule has 0 spiro atoms. The molecule has 31 heavy (non-hydrogen) atoms. The Labute approximate surface area is 195 Å². The number of rotatable bonds is 6. The van der Waals surface area contributed by atoms with E-state index >= 15 is 0 Å². The van der Waals surface area contributed by atoms with Crippen molar-refractivity contribution in [3.05, 3.63) is 98.0 Å². The van der Waals surface area contributed by atoms with Crippen molar-refractivity contribution < 1.29 is 9.53 Å². The molecular formula is C24H17Cl3N2O2. The fraction of sp³-hybridized carbons (Fsp3) is 0.0833. The van der Waals surface area contributed by atoms with Crippen LogP contribution in [0.3, 0.4) is 0 Å². The summed E-state index contributed by atoms with van der Waals surface area (Å²) in [6, 6.07) is 19.5. The number of nitrogens with one attached hydrogen (secondary N) is 1. The van der Waals surface area contributed by atoms with Crippen molar-refractivity contribution >= 4 is 52.5 Å². The summed E-state index contributed by atoms with van der Waals surface area (Å²) in [6.45, 7) is 2.05. The molecule has 3 rings (SSSR count). The average Bonchev–Trinajstić information content (AvgIpc) is 2.75. The second kappa shape index (κ2) is 10.4. The predicted molar refractivity (Wildman–Crippen MR) is 126 cm³/mol. The third kappa shape index (κ3) is 5.80. The van der Waals surface area contributed by atoms with Crippen LogP contribution in [0.4, 0.5) is 5.69 Å². The molecule has 0 aromatic heterocycles. The van der Waals surface area contributed by atoms with Gasteiger partial charge in [0.2, 0.25) is 0 Å². The number of anilines is 1. The smallest absolute Gasteiger partial charge is 0.266 e. The normalized spacial score (nSPS) is 11.0. The van der Waals surface area contributed by atoms with Crippen molar-refractivity contribution in [3.63, 3.8) is 0 Å². The molecule has 3 aromatic rings. The third-order valence-electron chi connectivity index (χ3n) is 4.49. The number of hydrogen-bond acceptors (Lipinski definition) is 3. The molecular weight excluding hydrogens is 455 g/mol. The van der Waals surface area contributed by atoms with Gasteiger partial charge in [-0.3, -0.25) is 4.79 Å². The Morgan fingerprint density at radius 2 is 1.77 bits per heavy atom. The first-order valence-corrected chi connectivity index (χ1v) is 10.4. The van der Waals surface area contributed by atoms with Gasteiger partial charge in [-0.1, -0.05) is 65.1 Å². The second-order valence-corrected chi connectivity index (χ2v) is 7.83. The molecule has 0 aliphatic rings. The summed E-state index contributed by atoms with van der Waals surface area (Å²) in [5.74, 6) is -0.0701. The van der Waals surface area contributed by atoms with Crippen LogP contribution in [0.5, 0.6) is 5.75 Å². The number of halogens is 3. The van der Waals surface area contributed by atoms with Gasteiger partial charge in [0.05, 0.1) is 5.02 Å². The lowest BCUT2D eigenvalue weighted by atomic mass is 10.1. The quantitative estimate of drug-likeness (QED) is 0.308. The number of hydrogen-bond donors (Lipinski definition) is 1. The van der Waals surface area contributed by atoms with E-state index < -0.39 is 5.91 Å². The molecule has 156 valence electrons. The lowest BCUT2D eigenvalue weighted by Crippen LogP contribution is -2.14. The molecule has 0 aliphatic heterocycles. The van der Waals surface area contributed by atoms with Gasteiger partial charge in [0.15, 0.2) is 0 Å². The van der Waals surface area contributed by atoms with E-state index in [1.165, 1.54) is 6.08 Å². The average molecular weight is 472 g/mol. The van der Waals surface area contributed by atoms with Gasteiger partial charge in [-0.05, 0) is 54.5 Å². The van der Waals surface area contributed by atoms with Gasteiger partial charge in [0.1, 0.15) is 24.0 Å². The first-order chi connectivity index (χ1) is 14.9. The van der Waals surface area contributed by atoms with Gasteiger partial charge in [-0.2, -0.15) is 5.26 Å². The maximum atomic E-state index is 12.5. The summed E-state index contributed by atoms with van der Waals surface area (Å²) in [5, 5.41) is 13.6. The SMILES string of the molecule is Cc1c(Cl)cccc1NC(=O)/C(C#N)=C/c1ccc(OCc2ccccc2Cl)c(Cl)c1. The van der Waals surface area contributed by atoms with Crippen LogP contribution in [0.2, 0.25) is 15.1 Å². The van der Waals surface area contributed by atoms with Crippen molar-refractivity contribution in [2.24, 2.45) is 0 Å². The topological polar surface area (TPSA) is 62.1 Å². The summed E-state index contributed by atoms with van der Waals surface area (Å²) in [7, 11) is 0. The van der Waals surface area contributed by atoms with Gasteiger partial charge in [-0.15, -0.1) is 0 Å². The van der Waals surface area contributed by atoms with Gasteiger partial charge >= 0.3 is 0 Å². The molecule has 0 unspecified atom stereocenters. The maximum absolute atomic E-state index is 12.5. The molecule has 0 saturated heterocycles. The minimum Gasteiger partial charge on any atom is -0.487 e. The van der Waals surface area contributed by atoms with Crippen LogP contribution in [-0.4, -0.2) is 5.91 Å². The van der Waals surface area contributed by atoms with Crippen LogP contribution in [0.15, 0.2) is 66.2 Å². The van der Waals surface area contributed by atoms with Gasteiger partial charge in [0, 0.05) is 21.3 Å².